The highest BCUT2D eigenvalue weighted by Crippen LogP contribution is 2.49. The SMILES string of the molecule is CN1CCCC12C(=O)N(Cc1ccc(-c3cnn(C)c3)cc1)c1ccccc12. The zero-order valence-corrected chi connectivity index (χ0v) is 16.3. The van der Waals surface area contributed by atoms with Gasteiger partial charge in [-0.3, -0.25) is 14.4 Å². The number of anilines is 1. The van der Waals surface area contributed by atoms with Gasteiger partial charge in [0.1, 0.15) is 5.54 Å². The summed E-state index contributed by atoms with van der Waals surface area (Å²) in [6.07, 6.45) is 5.84. The highest BCUT2D eigenvalue weighted by Gasteiger charge is 2.55. The molecule has 0 N–H and O–H groups in total. The second kappa shape index (κ2) is 6.31. The van der Waals surface area contributed by atoms with Gasteiger partial charge in [-0.25, -0.2) is 0 Å². The Morgan fingerprint density at radius 1 is 1.04 bits per heavy atom. The molecule has 5 nitrogen and oxygen atoms in total. The fourth-order valence-electron chi connectivity index (χ4n) is 4.78. The van der Waals surface area contributed by atoms with E-state index < -0.39 is 5.54 Å². The summed E-state index contributed by atoms with van der Waals surface area (Å²) in [4.78, 5) is 17.8. The number of carbonyl (C=O) groups excluding carboxylic acids is 1. The summed E-state index contributed by atoms with van der Waals surface area (Å²) >= 11 is 0. The molecule has 1 atom stereocenters. The van der Waals surface area contributed by atoms with Crippen molar-refractivity contribution in [2.75, 3.05) is 18.5 Å². The lowest BCUT2D eigenvalue weighted by molar-refractivity contribution is -0.127. The highest BCUT2D eigenvalue weighted by molar-refractivity contribution is 6.07. The molecule has 0 bridgehead atoms. The second-order valence-electron chi connectivity index (χ2n) is 7.89. The summed E-state index contributed by atoms with van der Waals surface area (Å²) in [7, 11) is 4.00. The van der Waals surface area contributed by atoms with E-state index >= 15 is 0 Å². The van der Waals surface area contributed by atoms with Gasteiger partial charge in [0.05, 0.1) is 12.7 Å². The van der Waals surface area contributed by atoms with Crippen LogP contribution in [0.5, 0.6) is 0 Å². The summed E-state index contributed by atoms with van der Waals surface area (Å²) < 4.78 is 1.81. The van der Waals surface area contributed by atoms with Crippen LogP contribution in [0.1, 0.15) is 24.0 Å². The molecule has 3 heterocycles. The molecular formula is C23H24N4O. The molecule has 1 fully saturated rings. The topological polar surface area (TPSA) is 41.4 Å². The number of hydrogen-bond donors (Lipinski definition) is 0. The van der Waals surface area contributed by atoms with Crippen LogP contribution in [0.15, 0.2) is 60.9 Å². The molecular weight excluding hydrogens is 348 g/mol. The third-order valence-corrected chi connectivity index (χ3v) is 6.26. The molecule has 5 rings (SSSR count). The Labute approximate surface area is 165 Å². The van der Waals surface area contributed by atoms with Gasteiger partial charge in [0, 0.05) is 30.1 Å². The Balaban J connectivity index is 1.46. The normalized spacial score (nSPS) is 21.6. The van der Waals surface area contributed by atoms with Gasteiger partial charge in [-0.05, 0) is 43.6 Å². The average molecular weight is 372 g/mol. The third kappa shape index (κ3) is 2.43. The first kappa shape index (κ1) is 17.2. The number of hydrogen-bond acceptors (Lipinski definition) is 3. The molecule has 28 heavy (non-hydrogen) atoms. The molecule has 0 radical (unpaired) electrons. The quantitative estimate of drug-likeness (QED) is 0.706. The van der Waals surface area contributed by atoms with Crippen molar-refractivity contribution >= 4 is 11.6 Å². The van der Waals surface area contributed by atoms with Crippen LogP contribution in [0.25, 0.3) is 11.1 Å². The molecule has 1 aromatic heterocycles. The number of aryl methyl sites for hydroxylation is 1. The van der Waals surface area contributed by atoms with E-state index in [1.54, 1.807) is 4.68 Å². The van der Waals surface area contributed by atoms with E-state index in [2.05, 4.69) is 53.4 Å². The maximum atomic E-state index is 13.6. The van der Waals surface area contributed by atoms with Crippen molar-refractivity contribution in [1.29, 1.82) is 0 Å². The Kier molecular flexibility index (Phi) is 3.88. The van der Waals surface area contributed by atoms with Gasteiger partial charge in [0.25, 0.3) is 5.91 Å². The van der Waals surface area contributed by atoms with Crippen LogP contribution in [0.4, 0.5) is 5.69 Å². The summed E-state index contributed by atoms with van der Waals surface area (Å²) in [6, 6.07) is 16.7. The molecule has 1 spiro atoms. The van der Waals surface area contributed by atoms with Crippen LogP contribution in [0.2, 0.25) is 0 Å². The number of fused-ring (bicyclic) bond motifs is 2. The first-order valence-corrected chi connectivity index (χ1v) is 9.80. The molecule has 3 aromatic rings. The largest absolute Gasteiger partial charge is 0.306 e. The van der Waals surface area contributed by atoms with Crippen molar-refractivity contribution in [2.45, 2.75) is 24.9 Å². The first-order valence-electron chi connectivity index (χ1n) is 9.80. The van der Waals surface area contributed by atoms with Gasteiger partial charge < -0.3 is 4.90 Å². The fourth-order valence-corrected chi connectivity index (χ4v) is 4.78. The monoisotopic (exact) mass is 372 g/mol. The molecule has 2 aliphatic rings. The van der Waals surface area contributed by atoms with Crippen molar-refractivity contribution in [1.82, 2.24) is 14.7 Å². The minimum Gasteiger partial charge on any atom is -0.306 e. The van der Waals surface area contributed by atoms with Gasteiger partial charge in [0.15, 0.2) is 0 Å². The lowest BCUT2D eigenvalue weighted by atomic mass is 9.89. The smallest absolute Gasteiger partial charge is 0.252 e. The molecule has 0 saturated carbocycles. The molecule has 1 unspecified atom stereocenters. The molecule has 0 aliphatic carbocycles. The number of benzene rings is 2. The van der Waals surface area contributed by atoms with E-state index in [9.17, 15) is 4.79 Å². The van der Waals surface area contributed by atoms with E-state index in [0.717, 1.165) is 47.3 Å². The van der Waals surface area contributed by atoms with E-state index in [1.807, 2.05) is 36.5 Å². The van der Waals surface area contributed by atoms with E-state index in [4.69, 9.17) is 0 Å². The number of aromatic nitrogens is 2. The number of likely N-dealkylation sites (tertiary alicyclic amines) is 1. The lowest BCUT2D eigenvalue weighted by Crippen LogP contribution is -2.47. The minimum atomic E-state index is -0.480. The summed E-state index contributed by atoms with van der Waals surface area (Å²) in [5.74, 6) is 0.213. The van der Waals surface area contributed by atoms with Gasteiger partial charge in [-0.15, -0.1) is 0 Å². The number of para-hydroxylation sites is 1. The Hall–Kier alpha value is -2.92. The van der Waals surface area contributed by atoms with Gasteiger partial charge >= 0.3 is 0 Å². The third-order valence-electron chi connectivity index (χ3n) is 6.26. The van der Waals surface area contributed by atoms with Gasteiger partial charge in [0.2, 0.25) is 0 Å². The predicted octanol–water partition coefficient (Wildman–Crippen LogP) is 3.55. The zero-order chi connectivity index (χ0) is 19.3. The van der Waals surface area contributed by atoms with Crippen molar-refractivity contribution in [3.8, 4) is 11.1 Å². The van der Waals surface area contributed by atoms with E-state index in [-0.39, 0.29) is 5.91 Å². The van der Waals surface area contributed by atoms with Crippen LogP contribution in [-0.2, 0) is 23.9 Å². The predicted molar refractivity (Wildman–Crippen MR) is 110 cm³/mol. The zero-order valence-electron chi connectivity index (χ0n) is 16.3. The van der Waals surface area contributed by atoms with Crippen LogP contribution >= 0.6 is 0 Å². The first-order chi connectivity index (χ1) is 13.6. The van der Waals surface area contributed by atoms with Crippen molar-refractivity contribution in [3.05, 3.63) is 72.1 Å². The molecule has 142 valence electrons. The van der Waals surface area contributed by atoms with Crippen LogP contribution < -0.4 is 4.90 Å². The van der Waals surface area contributed by atoms with E-state index in [1.165, 1.54) is 0 Å². The fraction of sp³-hybridized carbons (Fsp3) is 0.304. The summed E-state index contributed by atoms with van der Waals surface area (Å²) in [5, 5.41) is 4.24. The van der Waals surface area contributed by atoms with Crippen LogP contribution in [0, 0.1) is 0 Å². The molecule has 5 heteroatoms. The number of amides is 1. The molecule has 2 aliphatic heterocycles. The minimum absolute atomic E-state index is 0.213. The van der Waals surface area contributed by atoms with Crippen LogP contribution in [0.3, 0.4) is 0 Å². The van der Waals surface area contributed by atoms with Crippen LogP contribution in [-0.4, -0.2) is 34.2 Å². The number of carbonyl (C=O) groups is 1. The number of nitrogens with zero attached hydrogens (tertiary/aromatic N) is 4. The molecule has 1 saturated heterocycles. The number of likely N-dealkylation sites (N-methyl/N-ethyl adjacent to an activating group) is 1. The van der Waals surface area contributed by atoms with Crippen molar-refractivity contribution < 1.29 is 4.79 Å². The van der Waals surface area contributed by atoms with Crippen molar-refractivity contribution in [2.24, 2.45) is 7.05 Å². The summed E-state index contributed by atoms with van der Waals surface area (Å²) in [5.41, 5.74) is 5.10. The summed E-state index contributed by atoms with van der Waals surface area (Å²) in [6.45, 7) is 1.56. The Morgan fingerprint density at radius 2 is 1.82 bits per heavy atom. The van der Waals surface area contributed by atoms with Crippen molar-refractivity contribution in [3.63, 3.8) is 0 Å². The lowest BCUT2D eigenvalue weighted by Gasteiger charge is -2.31. The Morgan fingerprint density at radius 3 is 2.50 bits per heavy atom. The highest BCUT2D eigenvalue weighted by atomic mass is 16.2. The number of rotatable bonds is 3. The Bertz CT molecular complexity index is 1040. The van der Waals surface area contributed by atoms with Gasteiger partial charge in [-0.2, -0.15) is 5.10 Å². The maximum Gasteiger partial charge on any atom is 0.252 e. The maximum absolute atomic E-state index is 13.6. The molecule has 2 aromatic carbocycles. The standard InChI is InChI=1S/C23H24N4O/c1-25-13-5-12-23(25)20-6-3-4-7-21(20)27(22(23)28)15-17-8-10-18(11-9-17)19-14-24-26(2)16-19/h3-4,6-11,14,16H,5,12-13,15H2,1-2H3. The average Bonchev–Trinajstić information content (AvgIpc) is 3.38. The van der Waals surface area contributed by atoms with Gasteiger partial charge in [-0.1, -0.05) is 42.5 Å². The second-order valence-corrected chi connectivity index (χ2v) is 7.89. The van der Waals surface area contributed by atoms with E-state index in [0.29, 0.717) is 6.54 Å². The molecule has 1 amide bonds.